The van der Waals surface area contributed by atoms with Crippen molar-refractivity contribution in [3.63, 3.8) is 0 Å². The first kappa shape index (κ1) is 12.9. The molecule has 0 aliphatic heterocycles. The number of fused-ring (bicyclic) bond motifs is 2. The second-order valence-electron chi connectivity index (χ2n) is 5.50. The van der Waals surface area contributed by atoms with E-state index in [0.717, 1.165) is 23.1 Å². The summed E-state index contributed by atoms with van der Waals surface area (Å²) in [5.41, 5.74) is 3.30. The van der Waals surface area contributed by atoms with Gasteiger partial charge in [0, 0.05) is 11.6 Å². The Kier molecular flexibility index (Phi) is 2.86. The van der Waals surface area contributed by atoms with Gasteiger partial charge in [0.25, 0.3) is 0 Å². The van der Waals surface area contributed by atoms with Crippen LogP contribution in [-0.2, 0) is 6.42 Å². The average Bonchev–Trinajstić information content (AvgIpc) is 2.91. The van der Waals surface area contributed by atoms with Gasteiger partial charge < -0.3 is 9.52 Å². The highest BCUT2D eigenvalue weighted by Crippen LogP contribution is 2.34. The molecule has 3 aromatic rings. The van der Waals surface area contributed by atoms with Gasteiger partial charge in [-0.25, -0.2) is 0 Å². The fourth-order valence-electron chi connectivity index (χ4n) is 2.97. The molecule has 3 nitrogen and oxygen atoms in total. The van der Waals surface area contributed by atoms with E-state index in [0.29, 0.717) is 23.2 Å². The molecule has 1 aromatic heterocycles. The molecule has 108 valence electrons. The molecule has 22 heavy (non-hydrogen) atoms. The molecule has 0 bridgehead atoms. The number of hydrogen-bond donors (Lipinski definition) is 1. The fraction of sp³-hybridized carbons (Fsp3) is 0.105. The molecule has 1 N–H and O–H groups in total. The van der Waals surface area contributed by atoms with Gasteiger partial charge in [0.15, 0.2) is 5.43 Å². The van der Waals surface area contributed by atoms with E-state index in [-0.39, 0.29) is 11.2 Å². The monoisotopic (exact) mass is 290 g/mol. The highest BCUT2D eigenvalue weighted by molar-refractivity contribution is 5.87. The molecule has 2 aromatic carbocycles. The second-order valence-corrected chi connectivity index (χ2v) is 5.50. The normalized spacial score (nSPS) is 15.4. The summed E-state index contributed by atoms with van der Waals surface area (Å²) in [5.74, 6) is 0.758. The van der Waals surface area contributed by atoms with Gasteiger partial charge in [-0.2, -0.15) is 0 Å². The van der Waals surface area contributed by atoms with Crippen molar-refractivity contribution in [2.45, 2.75) is 12.8 Å². The van der Waals surface area contributed by atoms with Crippen LogP contribution < -0.4 is 5.43 Å². The van der Waals surface area contributed by atoms with Crippen LogP contribution >= 0.6 is 0 Å². The number of rotatable bonds is 1. The van der Waals surface area contributed by atoms with Crippen LogP contribution in [0.15, 0.2) is 57.7 Å². The largest absolute Gasteiger partial charge is 0.508 e. The predicted octanol–water partition coefficient (Wildman–Crippen LogP) is 3.99. The Labute approximate surface area is 127 Å². The van der Waals surface area contributed by atoms with E-state index in [4.69, 9.17) is 4.42 Å². The molecule has 1 heterocycles. The van der Waals surface area contributed by atoms with E-state index >= 15 is 0 Å². The molecule has 0 radical (unpaired) electrons. The van der Waals surface area contributed by atoms with Crippen LogP contribution in [0.3, 0.4) is 0 Å². The smallest absolute Gasteiger partial charge is 0.196 e. The summed E-state index contributed by atoms with van der Waals surface area (Å²) in [6.45, 7) is 0. The van der Waals surface area contributed by atoms with Crippen molar-refractivity contribution in [1.29, 1.82) is 0 Å². The lowest BCUT2D eigenvalue weighted by molar-refractivity contribution is 0.473. The van der Waals surface area contributed by atoms with Crippen LogP contribution in [-0.4, -0.2) is 5.11 Å². The number of aromatic hydroxyl groups is 1. The lowest BCUT2D eigenvalue weighted by Crippen LogP contribution is -2.08. The minimum atomic E-state index is 0.00714. The Morgan fingerprint density at radius 2 is 1.86 bits per heavy atom. The van der Waals surface area contributed by atoms with Crippen LogP contribution in [0.5, 0.6) is 5.75 Å². The Hall–Kier alpha value is -2.81. The lowest BCUT2D eigenvalue weighted by atomic mass is 10.1. The molecule has 0 saturated heterocycles. The van der Waals surface area contributed by atoms with Crippen molar-refractivity contribution >= 4 is 22.6 Å². The Morgan fingerprint density at radius 1 is 1.05 bits per heavy atom. The zero-order valence-electron chi connectivity index (χ0n) is 11.9. The summed E-state index contributed by atoms with van der Waals surface area (Å²) in [4.78, 5) is 12.6. The van der Waals surface area contributed by atoms with Gasteiger partial charge >= 0.3 is 0 Å². The molecular weight excluding hydrogens is 276 g/mol. The maximum absolute atomic E-state index is 12.6. The molecular formula is C19H14O3. The Morgan fingerprint density at radius 3 is 2.68 bits per heavy atom. The SMILES string of the molecule is O=c1c2c(oc3cc(O)ccc13)C(=Cc1ccccc1)CC2. The molecule has 0 atom stereocenters. The van der Waals surface area contributed by atoms with Gasteiger partial charge in [-0.05, 0) is 42.2 Å². The van der Waals surface area contributed by atoms with Gasteiger partial charge in [0.2, 0.25) is 0 Å². The Balaban J connectivity index is 1.93. The number of benzene rings is 2. The highest BCUT2D eigenvalue weighted by Gasteiger charge is 2.23. The van der Waals surface area contributed by atoms with E-state index in [2.05, 4.69) is 6.08 Å². The first-order valence-corrected chi connectivity index (χ1v) is 7.27. The molecule has 1 aliphatic rings. The minimum absolute atomic E-state index is 0.00714. The van der Waals surface area contributed by atoms with Crippen LogP contribution in [0.25, 0.3) is 22.6 Å². The molecule has 0 fully saturated rings. The predicted molar refractivity (Wildman–Crippen MR) is 86.8 cm³/mol. The van der Waals surface area contributed by atoms with Gasteiger partial charge in [-0.3, -0.25) is 4.79 Å². The lowest BCUT2D eigenvalue weighted by Gasteiger charge is -2.04. The summed E-state index contributed by atoms with van der Waals surface area (Å²) >= 11 is 0. The summed E-state index contributed by atoms with van der Waals surface area (Å²) in [7, 11) is 0. The average molecular weight is 290 g/mol. The minimum Gasteiger partial charge on any atom is -0.508 e. The molecule has 0 amide bonds. The summed E-state index contributed by atoms with van der Waals surface area (Å²) in [6, 6.07) is 14.6. The first-order valence-electron chi connectivity index (χ1n) is 7.27. The zero-order chi connectivity index (χ0) is 15.1. The fourth-order valence-corrected chi connectivity index (χ4v) is 2.97. The van der Waals surface area contributed by atoms with E-state index in [1.807, 2.05) is 30.3 Å². The third-order valence-electron chi connectivity index (χ3n) is 4.05. The molecule has 0 unspecified atom stereocenters. The van der Waals surface area contributed by atoms with E-state index in [9.17, 15) is 9.90 Å². The zero-order valence-corrected chi connectivity index (χ0v) is 11.9. The topological polar surface area (TPSA) is 50.4 Å². The summed E-state index contributed by atoms with van der Waals surface area (Å²) in [6.07, 6.45) is 3.56. The van der Waals surface area contributed by atoms with Crippen molar-refractivity contribution in [3.05, 3.63) is 75.6 Å². The molecule has 4 rings (SSSR count). The van der Waals surface area contributed by atoms with Gasteiger partial charge in [0.1, 0.15) is 17.1 Å². The van der Waals surface area contributed by atoms with Gasteiger partial charge in [-0.15, -0.1) is 0 Å². The van der Waals surface area contributed by atoms with Crippen molar-refractivity contribution < 1.29 is 9.52 Å². The van der Waals surface area contributed by atoms with Crippen LogP contribution in [0.2, 0.25) is 0 Å². The molecule has 3 heteroatoms. The van der Waals surface area contributed by atoms with Crippen LogP contribution in [0, 0.1) is 0 Å². The number of phenols is 1. The quantitative estimate of drug-likeness (QED) is 0.737. The third-order valence-corrected chi connectivity index (χ3v) is 4.05. The van der Waals surface area contributed by atoms with E-state index in [1.165, 1.54) is 12.1 Å². The van der Waals surface area contributed by atoms with Gasteiger partial charge in [0.05, 0.1) is 5.39 Å². The summed E-state index contributed by atoms with van der Waals surface area (Å²) in [5, 5.41) is 10.1. The number of hydrogen-bond acceptors (Lipinski definition) is 3. The third kappa shape index (κ3) is 2.02. The maximum Gasteiger partial charge on any atom is 0.196 e. The van der Waals surface area contributed by atoms with Crippen LogP contribution in [0.1, 0.15) is 23.3 Å². The van der Waals surface area contributed by atoms with Gasteiger partial charge in [-0.1, -0.05) is 30.3 Å². The number of allylic oxidation sites excluding steroid dienone is 1. The van der Waals surface area contributed by atoms with Crippen molar-refractivity contribution in [3.8, 4) is 5.75 Å². The molecule has 1 aliphatic carbocycles. The molecule has 0 spiro atoms. The standard InChI is InChI=1S/C19H14O3/c20-14-7-9-15-17(11-14)22-19-13(6-8-16(19)18(15)21)10-12-4-2-1-3-5-12/h1-5,7,9-11,20H,6,8H2. The van der Waals surface area contributed by atoms with Crippen molar-refractivity contribution in [2.75, 3.05) is 0 Å². The Bertz CT molecular complexity index is 950. The van der Waals surface area contributed by atoms with Crippen molar-refractivity contribution in [1.82, 2.24) is 0 Å². The van der Waals surface area contributed by atoms with E-state index in [1.54, 1.807) is 6.07 Å². The second kappa shape index (κ2) is 4.88. The first-order chi connectivity index (χ1) is 10.7. The van der Waals surface area contributed by atoms with Crippen molar-refractivity contribution in [2.24, 2.45) is 0 Å². The summed E-state index contributed by atoms with van der Waals surface area (Å²) < 4.78 is 5.92. The highest BCUT2D eigenvalue weighted by atomic mass is 16.3. The number of phenolic OH excluding ortho intramolecular Hbond substituents is 1. The van der Waals surface area contributed by atoms with E-state index < -0.39 is 0 Å². The molecule has 0 saturated carbocycles. The van der Waals surface area contributed by atoms with Crippen LogP contribution in [0.4, 0.5) is 0 Å². The maximum atomic E-state index is 12.6.